The Balaban J connectivity index is 1.72. The van der Waals surface area contributed by atoms with Gasteiger partial charge in [0, 0.05) is 43.7 Å². The number of hydrogen-bond acceptors (Lipinski definition) is 5. The van der Waals surface area contributed by atoms with Crippen LogP contribution in [0, 0.1) is 0 Å². The van der Waals surface area contributed by atoms with Gasteiger partial charge < -0.3 is 9.42 Å². The number of carbonyl (C=O) groups excluding carboxylic acids is 1. The summed E-state index contributed by atoms with van der Waals surface area (Å²) >= 11 is 0. The molecule has 1 aliphatic carbocycles. The van der Waals surface area contributed by atoms with E-state index in [0.717, 1.165) is 42.6 Å². The molecule has 1 amide bonds. The van der Waals surface area contributed by atoms with Crippen molar-refractivity contribution in [1.29, 1.82) is 0 Å². The van der Waals surface area contributed by atoms with E-state index in [1.807, 2.05) is 6.92 Å². The molecule has 0 saturated heterocycles. The maximum Gasteiger partial charge on any atom is 0.292 e. The van der Waals surface area contributed by atoms with Crippen molar-refractivity contribution in [3.05, 3.63) is 41.3 Å². The zero-order valence-electron chi connectivity index (χ0n) is 13.0. The molecule has 0 aliphatic heterocycles. The van der Waals surface area contributed by atoms with Gasteiger partial charge in [-0.15, -0.1) is 0 Å². The van der Waals surface area contributed by atoms with E-state index in [1.54, 1.807) is 30.5 Å². The van der Waals surface area contributed by atoms with Crippen molar-refractivity contribution < 1.29 is 9.32 Å². The summed E-state index contributed by atoms with van der Waals surface area (Å²) in [5, 5.41) is 4.06. The van der Waals surface area contributed by atoms with Crippen molar-refractivity contribution in [2.24, 2.45) is 0 Å². The molecule has 116 valence electrons. The molecule has 0 saturated carbocycles. The average molecular weight is 300 g/mol. The summed E-state index contributed by atoms with van der Waals surface area (Å²) in [5.41, 5.74) is 2.81. The Bertz CT molecular complexity index is 653. The van der Waals surface area contributed by atoms with E-state index < -0.39 is 0 Å². The lowest BCUT2D eigenvalue weighted by Gasteiger charge is -2.24. The monoisotopic (exact) mass is 300 g/mol. The lowest BCUT2D eigenvalue weighted by atomic mass is 9.95. The molecule has 0 bridgehead atoms. The zero-order chi connectivity index (χ0) is 15.5. The largest absolute Gasteiger partial charge is 0.350 e. The minimum absolute atomic E-state index is 0.00791. The first-order chi connectivity index (χ1) is 10.7. The Hall–Kier alpha value is -2.24. The molecule has 2 heterocycles. The third-order valence-corrected chi connectivity index (χ3v) is 4.26. The second-order valence-corrected chi connectivity index (χ2v) is 5.81. The molecule has 22 heavy (non-hydrogen) atoms. The zero-order valence-corrected chi connectivity index (χ0v) is 13.0. The van der Waals surface area contributed by atoms with Crippen molar-refractivity contribution in [2.45, 2.75) is 45.1 Å². The van der Waals surface area contributed by atoms with Crippen LogP contribution >= 0.6 is 0 Å². The number of nitrogens with zero attached hydrogens (tertiary/aromatic N) is 4. The van der Waals surface area contributed by atoms with E-state index in [1.165, 1.54) is 0 Å². The number of aryl methyl sites for hydroxylation is 1. The molecule has 1 atom stereocenters. The Morgan fingerprint density at radius 2 is 2.18 bits per heavy atom. The van der Waals surface area contributed by atoms with Gasteiger partial charge in [0.1, 0.15) is 0 Å². The van der Waals surface area contributed by atoms with E-state index in [2.05, 4.69) is 15.1 Å². The summed E-state index contributed by atoms with van der Waals surface area (Å²) in [6, 6.07) is 0.00791. The molecule has 0 fully saturated rings. The van der Waals surface area contributed by atoms with Crippen molar-refractivity contribution in [3.8, 4) is 0 Å². The van der Waals surface area contributed by atoms with Crippen LogP contribution in [0.1, 0.15) is 47.3 Å². The van der Waals surface area contributed by atoms with Crippen LogP contribution in [0.25, 0.3) is 0 Å². The first-order valence-corrected chi connectivity index (χ1v) is 7.66. The van der Waals surface area contributed by atoms with Crippen LogP contribution in [0.5, 0.6) is 0 Å². The molecular formula is C16H20N4O2. The fourth-order valence-electron chi connectivity index (χ4n) is 2.79. The first kappa shape index (κ1) is 14.7. The lowest BCUT2D eigenvalue weighted by molar-refractivity contribution is 0.0699. The van der Waals surface area contributed by atoms with Gasteiger partial charge in [-0.3, -0.25) is 14.8 Å². The van der Waals surface area contributed by atoms with Gasteiger partial charge >= 0.3 is 0 Å². The minimum atomic E-state index is -0.105. The highest BCUT2D eigenvalue weighted by molar-refractivity contribution is 5.93. The van der Waals surface area contributed by atoms with Crippen LogP contribution in [0.2, 0.25) is 0 Å². The molecule has 6 nitrogen and oxygen atoms in total. The molecule has 1 aliphatic rings. The maximum atomic E-state index is 12.7. The molecule has 0 aromatic carbocycles. The van der Waals surface area contributed by atoms with Crippen molar-refractivity contribution in [2.75, 3.05) is 7.05 Å². The number of hydrogen-bond donors (Lipinski definition) is 0. The molecular weight excluding hydrogens is 280 g/mol. The van der Waals surface area contributed by atoms with Crippen LogP contribution in [0.3, 0.4) is 0 Å². The van der Waals surface area contributed by atoms with Crippen molar-refractivity contribution >= 4 is 5.91 Å². The summed E-state index contributed by atoms with van der Waals surface area (Å²) in [7, 11) is 1.79. The van der Waals surface area contributed by atoms with E-state index in [0.29, 0.717) is 12.2 Å². The number of amides is 1. The van der Waals surface area contributed by atoms with Gasteiger partial charge in [0.25, 0.3) is 5.91 Å². The molecule has 3 rings (SSSR count). The predicted octanol–water partition coefficient (Wildman–Crippen LogP) is 2.05. The average Bonchev–Trinajstić information content (AvgIpc) is 2.98. The van der Waals surface area contributed by atoms with E-state index in [4.69, 9.17) is 4.52 Å². The number of fused-ring (bicyclic) bond motifs is 1. The second-order valence-electron chi connectivity index (χ2n) is 5.81. The molecule has 0 radical (unpaired) electrons. The number of carbonyl (C=O) groups is 1. The van der Waals surface area contributed by atoms with Gasteiger partial charge in [-0.1, -0.05) is 5.16 Å². The molecule has 6 heteroatoms. The quantitative estimate of drug-likeness (QED) is 0.864. The van der Waals surface area contributed by atoms with E-state index >= 15 is 0 Å². The molecule has 2 aromatic heterocycles. The van der Waals surface area contributed by atoms with Crippen LogP contribution in [0.15, 0.2) is 23.1 Å². The number of rotatable bonds is 4. The normalized spacial score (nSPS) is 15.2. The molecule has 2 aromatic rings. The summed E-state index contributed by atoms with van der Waals surface area (Å²) in [6.45, 7) is 2.00. The summed E-state index contributed by atoms with van der Waals surface area (Å²) in [5.74, 6) is 0.301. The highest BCUT2D eigenvalue weighted by Gasteiger charge is 2.28. The molecule has 1 unspecified atom stereocenters. The Morgan fingerprint density at radius 1 is 1.36 bits per heavy atom. The fraction of sp³-hybridized carbons (Fsp3) is 0.500. The maximum absolute atomic E-state index is 12.7. The van der Waals surface area contributed by atoms with Crippen LogP contribution < -0.4 is 0 Å². The van der Waals surface area contributed by atoms with Gasteiger partial charge in [-0.2, -0.15) is 0 Å². The highest BCUT2D eigenvalue weighted by atomic mass is 16.5. The van der Waals surface area contributed by atoms with Gasteiger partial charge in [0.05, 0.1) is 11.4 Å². The molecule has 0 spiro atoms. The van der Waals surface area contributed by atoms with E-state index in [-0.39, 0.29) is 11.9 Å². The van der Waals surface area contributed by atoms with Crippen molar-refractivity contribution in [1.82, 2.24) is 20.0 Å². The number of aromatic nitrogens is 3. The predicted molar refractivity (Wildman–Crippen MR) is 80.4 cm³/mol. The topological polar surface area (TPSA) is 72.1 Å². The van der Waals surface area contributed by atoms with Gasteiger partial charge in [-0.05, 0) is 32.6 Å². The standard InChI is InChI=1S/C16H20N4O2/c1-11(9-12-10-17-7-8-18-12)20(2)16(21)15-13-5-3-4-6-14(13)19-22-15/h7-8,10-11H,3-6,9H2,1-2H3. The summed E-state index contributed by atoms with van der Waals surface area (Å²) in [6.07, 6.45) is 9.69. The Morgan fingerprint density at radius 3 is 2.95 bits per heavy atom. The SMILES string of the molecule is CC(Cc1cnccn1)N(C)C(=O)c1onc2c1CCCC2. The lowest BCUT2D eigenvalue weighted by Crippen LogP contribution is -2.37. The van der Waals surface area contributed by atoms with Crippen LogP contribution in [-0.2, 0) is 19.3 Å². The smallest absolute Gasteiger partial charge is 0.292 e. The van der Waals surface area contributed by atoms with Gasteiger partial charge in [0.2, 0.25) is 5.76 Å². The van der Waals surface area contributed by atoms with E-state index in [9.17, 15) is 4.79 Å². The number of likely N-dealkylation sites (N-methyl/N-ethyl adjacent to an activating group) is 1. The third kappa shape index (κ3) is 2.86. The second kappa shape index (κ2) is 6.25. The van der Waals surface area contributed by atoms with Crippen LogP contribution in [0.4, 0.5) is 0 Å². The molecule has 0 N–H and O–H groups in total. The highest BCUT2D eigenvalue weighted by Crippen LogP contribution is 2.25. The summed E-state index contributed by atoms with van der Waals surface area (Å²) < 4.78 is 5.33. The minimum Gasteiger partial charge on any atom is -0.350 e. The Labute approximate surface area is 129 Å². The van der Waals surface area contributed by atoms with Gasteiger partial charge in [-0.25, -0.2) is 0 Å². The Kier molecular flexibility index (Phi) is 4.18. The van der Waals surface area contributed by atoms with Crippen molar-refractivity contribution in [3.63, 3.8) is 0 Å². The van der Waals surface area contributed by atoms with Crippen LogP contribution in [-0.4, -0.2) is 39.0 Å². The fourth-order valence-corrected chi connectivity index (χ4v) is 2.79. The van der Waals surface area contributed by atoms with Gasteiger partial charge in [0.15, 0.2) is 0 Å². The first-order valence-electron chi connectivity index (χ1n) is 7.66. The summed E-state index contributed by atoms with van der Waals surface area (Å²) in [4.78, 5) is 22.7. The third-order valence-electron chi connectivity index (χ3n) is 4.26.